The molecule has 0 aromatic heterocycles. The van der Waals surface area contributed by atoms with Gasteiger partial charge in [-0.15, -0.1) is 0 Å². The van der Waals surface area contributed by atoms with E-state index in [2.05, 4.69) is 5.32 Å². The van der Waals surface area contributed by atoms with Crippen LogP contribution < -0.4 is 10.1 Å². The van der Waals surface area contributed by atoms with Gasteiger partial charge in [-0.25, -0.2) is 9.18 Å². The summed E-state index contributed by atoms with van der Waals surface area (Å²) < 4.78 is 18.7. The van der Waals surface area contributed by atoms with Crippen LogP contribution in [-0.2, 0) is 6.54 Å². The van der Waals surface area contributed by atoms with Gasteiger partial charge in [0.15, 0.2) is 0 Å². The molecule has 0 spiro atoms. The predicted octanol–water partition coefficient (Wildman–Crippen LogP) is 3.14. The van der Waals surface area contributed by atoms with Gasteiger partial charge in [-0.3, -0.25) is 0 Å². The lowest BCUT2D eigenvalue weighted by Gasteiger charge is -2.11. The monoisotopic (exact) mass is 275 g/mol. The number of methoxy groups -OCH3 is 1. The Kier molecular flexibility index (Phi) is 4.20. The quantitative estimate of drug-likeness (QED) is 0.880. The number of nitrogens with one attached hydrogen (secondary N) is 1. The van der Waals surface area contributed by atoms with Crippen LogP contribution in [0.25, 0.3) is 0 Å². The van der Waals surface area contributed by atoms with Crippen molar-refractivity contribution in [2.75, 3.05) is 12.4 Å². The first-order chi connectivity index (χ1) is 9.61. The normalized spacial score (nSPS) is 10.1. The summed E-state index contributed by atoms with van der Waals surface area (Å²) in [5.74, 6) is -0.896. The smallest absolute Gasteiger partial charge is 0.336 e. The topological polar surface area (TPSA) is 58.6 Å². The molecule has 4 nitrogen and oxygen atoms in total. The maximum absolute atomic E-state index is 13.6. The van der Waals surface area contributed by atoms with Crippen LogP contribution in [0.1, 0.15) is 15.9 Å². The summed E-state index contributed by atoms with van der Waals surface area (Å²) in [6.45, 7) is 0.215. The fourth-order valence-corrected chi connectivity index (χ4v) is 1.84. The fraction of sp³-hybridized carbons (Fsp3) is 0.133. The maximum Gasteiger partial charge on any atom is 0.336 e. The van der Waals surface area contributed by atoms with E-state index in [-0.39, 0.29) is 17.8 Å². The van der Waals surface area contributed by atoms with E-state index < -0.39 is 11.8 Å². The van der Waals surface area contributed by atoms with E-state index in [0.29, 0.717) is 11.3 Å². The molecule has 0 aliphatic rings. The summed E-state index contributed by atoms with van der Waals surface area (Å²) in [5, 5.41) is 12.0. The summed E-state index contributed by atoms with van der Waals surface area (Å²) in [6, 6.07) is 10.9. The highest BCUT2D eigenvalue weighted by Crippen LogP contribution is 2.22. The van der Waals surface area contributed by atoms with Crippen molar-refractivity contribution in [3.05, 3.63) is 59.4 Å². The van der Waals surface area contributed by atoms with Crippen LogP contribution in [0.15, 0.2) is 42.5 Å². The van der Waals surface area contributed by atoms with Crippen LogP contribution in [0, 0.1) is 5.82 Å². The third-order valence-corrected chi connectivity index (χ3v) is 2.89. The summed E-state index contributed by atoms with van der Waals surface area (Å²) in [7, 11) is 1.50. The van der Waals surface area contributed by atoms with Crippen molar-refractivity contribution in [2.45, 2.75) is 6.54 Å². The maximum atomic E-state index is 13.6. The van der Waals surface area contributed by atoms with Gasteiger partial charge in [-0.05, 0) is 23.8 Å². The van der Waals surface area contributed by atoms with Gasteiger partial charge in [0.2, 0.25) is 0 Å². The first-order valence-electron chi connectivity index (χ1n) is 6.00. The molecule has 2 aromatic carbocycles. The summed E-state index contributed by atoms with van der Waals surface area (Å²) in [5.41, 5.74) is 1.05. The van der Waals surface area contributed by atoms with Gasteiger partial charge < -0.3 is 15.2 Å². The Balaban J connectivity index is 2.19. The molecule has 2 aromatic rings. The fourth-order valence-electron chi connectivity index (χ4n) is 1.84. The van der Waals surface area contributed by atoms with Crippen molar-refractivity contribution < 1.29 is 19.0 Å². The molecule has 2 N–H and O–H groups in total. The van der Waals surface area contributed by atoms with Crippen LogP contribution in [0.2, 0.25) is 0 Å². The van der Waals surface area contributed by atoms with Crippen molar-refractivity contribution in [3.8, 4) is 5.75 Å². The molecule has 0 fully saturated rings. The molecule has 0 unspecified atom stereocenters. The van der Waals surface area contributed by atoms with Gasteiger partial charge >= 0.3 is 5.97 Å². The standard InChI is InChI=1S/C15H14FNO3/c1-20-11-6-7-13(16)14(8-11)17-9-10-4-2-3-5-12(10)15(18)19/h2-8,17H,9H2,1H3,(H,18,19). The molecule has 2 rings (SSSR count). The zero-order valence-electron chi connectivity index (χ0n) is 10.9. The molecule has 0 atom stereocenters. The van der Waals surface area contributed by atoms with E-state index in [0.717, 1.165) is 0 Å². The van der Waals surface area contributed by atoms with Gasteiger partial charge in [-0.2, -0.15) is 0 Å². The molecule has 20 heavy (non-hydrogen) atoms. The number of ether oxygens (including phenoxy) is 1. The molecule has 0 saturated carbocycles. The van der Waals surface area contributed by atoms with Crippen LogP contribution in [0.5, 0.6) is 5.75 Å². The Bertz CT molecular complexity index is 628. The van der Waals surface area contributed by atoms with Crippen LogP contribution in [0.3, 0.4) is 0 Å². The first kappa shape index (κ1) is 13.9. The highest BCUT2D eigenvalue weighted by atomic mass is 19.1. The van der Waals surface area contributed by atoms with E-state index in [9.17, 15) is 9.18 Å². The Hall–Kier alpha value is -2.56. The highest BCUT2D eigenvalue weighted by Gasteiger charge is 2.10. The van der Waals surface area contributed by atoms with Gasteiger partial charge in [0.05, 0.1) is 18.4 Å². The Labute approximate surface area is 115 Å². The highest BCUT2D eigenvalue weighted by molar-refractivity contribution is 5.89. The average molecular weight is 275 g/mol. The van der Waals surface area contributed by atoms with Crippen molar-refractivity contribution in [2.24, 2.45) is 0 Å². The SMILES string of the molecule is COc1ccc(F)c(NCc2ccccc2C(=O)O)c1. The molecule has 0 heterocycles. The Morgan fingerprint density at radius 2 is 2.05 bits per heavy atom. The van der Waals surface area contributed by atoms with E-state index >= 15 is 0 Å². The number of anilines is 1. The summed E-state index contributed by atoms with van der Waals surface area (Å²) >= 11 is 0. The van der Waals surface area contributed by atoms with Crippen LogP contribution >= 0.6 is 0 Å². The second kappa shape index (κ2) is 6.06. The molecule has 0 aliphatic heterocycles. The third-order valence-electron chi connectivity index (χ3n) is 2.89. The van der Waals surface area contributed by atoms with Crippen LogP contribution in [-0.4, -0.2) is 18.2 Å². The molecular weight excluding hydrogens is 261 g/mol. The summed E-state index contributed by atoms with van der Waals surface area (Å²) in [6.07, 6.45) is 0. The third kappa shape index (κ3) is 3.06. The van der Waals surface area contributed by atoms with Gasteiger partial charge in [0, 0.05) is 12.6 Å². The lowest BCUT2D eigenvalue weighted by atomic mass is 10.1. The van der Waals surface area contributed by atoms with E-state index in [1.807, 2.05) is 0 Å². The van der Waals surface area contributed by atoms with Crippen molar-refractivity contribution in [3.63, 3.8) is 0 Å². The number of hydrogen-bond donors (Lipinski definition) is 2. The number of carboxylic acid groups (broad SMARTS) is 1. The number of benzene rings is 2. The first-order valence-corrected chi connectivity index (χ1v) is 6.00. The lowest BCUT2D eigenvalue weighted by molar-refractivity contribution is 0.0696. The number of rotatable bonds is 5. The average Bonchev–Trinajstić information content (AvgIpc) is 2.46. The molecule has 0 saturated heterocycles. The zero-order valence-corrected chi connectivity index (χ0v) is 10.9. The van der Waals surface area contributed by atoms with Gasteiger partial charge in [0.25, 0.3) is 0 Å². The minimum absolute atomic E-state index is 0.198. The molecule has 0 radical (unpaired) electrons. The number of hydrogen-bond acceptors (Lipinski definition) is 3. The number of carbonyl (C=O) groups is 1. The number of aromatic carboxylic acids is 1. The molecule has 5 heteroatoms. The predicted molar refractivity (Wildman–Crippen MR) is 73.7 cm³/mol. The second-order valence-electron chi connectivity index (χ2n) is 4.16. The van der Waals surface area contributed by atoms with Crippen molar-refractivity contribution in [1.82, 2.24) is 0 Å². The van der Waals surface area contributed by atoms with Gasteiger partial charge in [0.1, 0.15) is 11.6 Å². The van der Waals surface area contributed by atoms with Gasteiger partial charge in [-0.1, -0.05) is 18.2 Å². The molecule has 0 bridgehead atoms. The van der Waals surface area contributed by atoms with E-state index in [1.54, 1.807) is 18.2 Å². The largest absolute Gasteiger partial charge is 0.497 e. The molecule has 104 valence electrons. The molecular formula is C15H14FNO3. The minimum atomic E-state index is -1.01. The van der Waals surface area contributed by atoms with Crippen LogP contribution in [0.4, 0.5) is 10.1 Å². The van der Waals surface area contributed by atoms with E-state index in [1.165, 1.54) is 31.4 Å². The van der Waals surface area contributed by atoms with E-state index in [4.69, 9.17) is 9.84 Å². The second-order valence-corrected chi connectivity index (χ2v) is 4.16. The molecule has 0 aliphatic carbocycles. The molecule has 0 amide bonds. The zero-order chi connectivity index (χ0) is 14.5. The number of halogens is 1. The Morgan fingerprint density at radius 3 is 2.75 bits per heavy atom. The summed E-state index contributed by atoms with van der Waals surface area (Å²) in [4.78, 5) is 11.1. The van der Waals surface area contributed by atoms with Crippen molar-refractivity contribution in [1.29, 1.82) is 0 Å². The Morgan fingerprint density at radius 1 is 1.30 bits per heavy atom. The van der Waals surface area contributed by atoms with Crippen molar-refractivity contribution >= 4 is 11.7 Å². The minimum Gasteiger partial charge on any atom is -0.497 e. The number of carboxylic acids is 1. The lowest BCUT2D eigenvalue weighted by Crippen LogP contribution is -2.08.